The van der Waals surface area contributed by atoms with Crippen molar-refractivity contribution in [3.63, 3.8) is 0 Å². The first kappa shape index (κ1) is 23.2. The molecule has 5 nitrogen and oxygen atoms in total. The highest BCUT2D eigenvalue weighted by atomic mass is 28.5. The molecule has 0 N–H and O–H groups in total. The van der Waals surface area contributed by atoms with Gasteiger partial charge in [-0.2, -0.15) is 0 Å². The Hall–Kier alpha value is 0.234. The fourth-order valence-corrected chi connectivity index (χ4v) is 8.72. The van der Waals surface area contributed by atoms with Crippen molar-refractivity contribution in [1.82, 2.24) is 0 Å². The SMILES string of the molecule is COCCC(C)CO[Si](C)(C)O[Si](C)(C)OCC(C)CCOC. The summed E-state index contributed by atoms with van der Waals surface area (Å²) in [4.78, 5) is 0. The van der Waals surface area contributed by atoms with Crippen molar-refractivity contribution in [2.45, 2.75) is 52.9 Å². The van der Waals surface area contributed by atoms with Crippen LogP contribution in [0.25, 0.3) is 0 Å². The van der Waals surface area contributed by atoms with Crippen molar-refractivity contribution < 1.29 is 22.4 Å². The zero-order chi connectivity index (χ0) is 17.9. The lowest BCUT2D eigenvalue weighted by molar-refractivity contribution is 0.131. The highest BCUT2D eigenvalue weighted by Gasteiger charge is 2.36. The molecule has 0 aromatic carbocycles. The minimum atomic E-state index is -2.17. The molecule has 0 saturated carbocycles. The quantitative estimate of drug-likeness (QED) is 0.438. The number of methoxy groups -OCH3 is 2. The second kappa shape index (κ2) is 11.7. The van der Waals surface area contributed by atoms with Crippen molar-refractivity contribution in [3.05, 3.63) is 0 Å². The second-order valence-electron chi connectivity index (χ2n) is 7.30. The third-order valence-electron chi connectivity index (χ3n) is 3.55. The van der Waals surface area contributed by atoms with Gasteiger partial charge in [0.25, 0.3) is 0 Å². The maximum Gasteiger partial charge on any atom is 0.322 e. The molecule has 0 aromatic rings. The van der Waals surface area contributed by atoms with Gasteiger partial charge in [-0.15, -0.1) is 0 Å². The Morgan fingerprint density at radius 1 is 0.696 bits per heavy atom. The maximum atomic E-state index is 6.31. The van der Waals surface area contributed by atoms with Crippen LogP contribution in [0.15, 0.2) is 0 Å². The number of ether oxygens (including phenoxy) is 2. The van der Waals surface area contributed by atoms with Crippen LogP contribution in [-0.4, -0.2) is 57.8 Å². The second-order valence-corrected chi connectivity index (χ2v) is 14.3. The topological polar surface area (TPSA) is 46.2 Å². The molecule has 0 saturated heterocycles. The molecule has 0 radical (unpaired) electrons. The highest BCUT2D eigenvalue weighted by Crippen LogP contribution is 2.19. The van der Waals surface area contributed by atoms with Crippen LogP contribution >= 0.6 is 0 Å². The van der Waals surface area contributed by atoms with Crippen LogP contribution in [0.2, 0.25) is 26.2 Å². The lowest BCUT2D eigenvalue weighted by atomic mass is 10.1. The molecule has 0 aliphatic rings. The van der Waals surface area contributed by atoms with Crippen LogP contribution in [-0.2, 0) is 22.4 Å². The van der Waals surface area contributed by atoms with Crippen LogP contribution in [0.5, 0.6) is 0 Å². The monoisotopic (exact) mass is 366 g/mol. The van der Waals surface area contributed by atoms with Gasteiger partial charge in [-0.1, -0.05) is 13.8 Å². The standard InChI is InChI=1S/C16H38O5Si2/c1-15(9-11-17-3)13-19-22(5,6)21-23(7,8)20-14-16(2)10-12-18-4/h15-16H,9-14H2,1-8H3. The van der Waals surface area contributed by atoms with E-state index < -0.39 is 17.1 Å². The van der Waals surface area contributed by atoms with Crippen LogP contribution in [0, 0.1) is 11.8 Å². The van der Waals surface area contributed by atoms with Crippen molar-refractivity contribution in [2.75, 3.05) is 40.6 Å². The molecule has 23 heavy (non-hydrogen) atoms. The first-order valence-electron chi connectivity index (χ1n) is 8.58. The van der Waals surface area contributed by atoms with E-state index in [4.69, 9.17) is 22.4 Å². The summed E-state index contributed by atoms with van der Waals surface area (Å²) in [5, 5.41) is 0. The lowest BCUT2D eigenvalue weighted by Crippen LogP contribution is -2.49. The zero-order valence-corrected chi connectivity index (χ0v) is 18.4. The van der Waals surface area contributed by atoms with E-state index in [0.29, 0.717) is 11.8 Å². The van der Waals surface area contributed by atoms with Crippen LogP contribution < -0.4 is 0 Å². The van der Waals surface area contributed by atoms with E-state index in [1.54, 1.807) is 14.2 Å². The van der Waals surface area contributed by atoms with Gasteiger partial charge in [0.2, 0.25) is 0 Å². The van der Waals surface area contributed by atoms with E-state index in [0.717, 1.165) is 39.3 Å². The highest BCUT2D eigenvalue weighted by molar-refractivity contribution is 6.78. The van der Waals surface area contributed by atoms with Gasteiger partial charge in [-0.3, -0.25) is 0 Å². The van der Waals surface area contributed by atoms with Gasteiger partial charge >= 0.3 is 17.1 Å². The third kappa shape index (κ3) is 13.2. The third-order valence-corrected chi connectivity index (χ3v) is 9.21. The average molecular weight is 367 g/mol. The van der Waals surface area contributed by atoms with Gasteiger partial charge in [0.15, 0.2) is 0 Å². The van der Waals surface area contributed by atoms with Gasteiger partial charge < -0.3 is 22.4 Å². The Morgan fingerprint density at radius 3 is 1.35 bits per heavy atom. The largest absolute Gasteiger partial charge is 0.415 e. The summed E-state index contributed by atoms with van der Waals surface area (Å²) in [5.41, 5.74) is 0. The molecule has 0 heterocycles. The minimum Gasteiger partial charge on any atom is -0.415 e. The maximum absolute atomic E-state index is 6.31. The van der Waals surface area contributed by atoms with E-state index in [1.165, 1.54) is 0 Å². The number of rotatable bonds is 14. The Morgan fingerprint density at radius 2 is 1.04 bits per heavy atom. The van der Waals surface area contributed by atoms with E-state index in [-0.39, 0.29) is 0 Å². The molecule has 0 fully saturated rings. The smallest absolute Gasteiger partial charge is 0.322 e. The molecule has 2 atom stereocenters. The summed E-state index contributed by atoms with van der Waals surface area (Å²) in [6, 6.07) is 0. The molecule has 0 aliphatic heterocycles. The normalized spacial score (nSPS) is 15.7. The van der Waals surface area contributed by atoms with Gasteiger partial charge in [0.1, 0.15) is 0 Å². The van der Waals surface area contributed by atoms with E-state index in [1.807, 2.05) is 0 Å². The molecule has 0 spiro atoms. The van der Waals surface area contributed by atoms with Crippen LogP contribution in [0.4, 0.5) is 0 Å². The Bertz CT molecular complexity index is 272. The Balaban J connectivity index is 4.17. The predicted octanol–water partition coefficient (Wildman–Crippen LogP) is 3.79. The van der Waals surface area contributed by atoms with Gasteiger partial charge in [0.05, 0.1) is 0 Å². The van der Waals surface area contributed by atoms with E-state index in [2.05, 4.69) is 40.0 Å². The van der Waals surface area contributed by atoms with Crippen LogP contribution in [0.1, 0.15) is 26.7 Å². The number of hydrogen-bond donors (Lipinski definition) is 0. The fourth-order valence-electron chi connectivity index (χ4n) is 2.14. The summed E-state index contributed by atoms with van der Waals surface area (Å²) in [6.45, 7) is 15.7. The molecule has 0 rings (SSSR count). The Labute approximate surface area is 145 Å². The minimum absolute atomic E-state index is 0.477. The average Bonchev–Trinajstić information content (AvgIpc) is 2.46. The molecule has 2 unspecified atom stereocenters. The summed E-state index contributed by atoms with van der Waals surface area (Å²) in [6.07, 6.45) is 2.02. The van der Waals surface area contributed by atoms with Crippen molar-refractivity contribution in [1.29, 1.82) is 0 Å². The van der Waals surface area contributed by atoms with E-state index >= 15 is 0 Å². The van der Waals surface area contributed by atoms with E-state index in [9.17, 15) is 0 Å². The van der Waals surface area contributed by atoms with Crippen molar-refractivity contribution >= 4 is 17.1 Å². The molecule has 0 aromatic heterocycles. The van der Waals surface area contributed by atoms with Crippen molar-refractivity contribution in [3.8, 4) is 0 Å². The Kier molecular flexibility index (Phi) is 11.8. The summed E-state index contributed by atoms with van der Waals surface area (Å²) in [5.74, 6) is 0.954. The molecular formula is C16H38O5Si2. The van der Waals surface area contributed by atoms with Crippen molar-refractivity contribution in [2.24, 2.45) is 11.8 Å². The molecule has 7 heteroatoms. The zero-order valence-electron chi connectivity index (χ0n) is 16.4. The van der Waals surface area contributed by atoms with Gasteiger partial charge in [0, 0.05) is 40.6 Å². The predicted molar refractivity (Wildman–Crippen MR) is 99.3 cm³/mol. The summed E-state index contributed by atoms with van der Waals surface area (Å²) in [7, 11) is -0.873. The number of hydrogen-bond acceptors (Lipinski definition) is 5. The lowest BCUT2D eigenvalue weighted by Gasteiger charge is -2.34. The van der Waals surface area contributed by atoms with Gasteiger partial charge in [-0.05, 0) is 50.9 Å². The molecule has 140 valence electrons. The summed E-state index contributed by atoms with van der Waals surface area (Å²) < 4.78 is 28.7. The molecule has 0 bridgehead atoms. The first-order valence-corrected chi connectivity index (χ1v) is 14.2. The molecular weight excluding hydrogens is 328 g/mol. The molecule has 0 amide bonds. The fraction of sp³-hybridized carbons (Fsp3) is 1.00. The van der Waals surface area contributed by atoms with Crippen LogP contribution in [0.3, 0.4) is 0 Å². The van der Waals surface area contributed by atoms with Gasteiger partial charge in [-0.25, -0.2) is 0 Å². The first-order chi connectivity index (χ1) is 10.6. The molecule has 0 aliphatic carbocycles. The summed E-state index contributed by atoms with van der Waals surface area (Å²) >= 11 is 0.